The van der Waals surface area contributed by atoms with Gasteiger partial charge in [-0.1, -0.05) is 72.8 Å². The van der Waals surface area contributed by atoms with Gasteiger partial charge in [-0.2, -0.15) is 0 Å². The number of para-hydroxylation sites is 2. The Balaban J connectivity index is 1.23. The lowest BCUT2D eigenvalue weighted by Gasteiger charge is -2.08. The largest absolute Gasteiger partial charge is 0.455 e. The molecule has 2 heterocycles. The van der Waals surface area contributed by atoms with Gasteiger partial charge in [-0.3, -0.25) is 4.98 Å². The molecule has 2 nitrogen and oxygen atoms in total. The lowest BCUT2D eigenvalue weighted by Crippen LogP contribution is -1.86. The quantitative estimate of drug-likeness (QED) is 0.260. The Kier molecular flexibility index (Phi) is 4.68. The third-order valence-electron chi connectivity index (χ3n) is 6.79. The Labute approximate surface area is 207 Å². The molecule has 170 valence electrons. The zero-order valence-corrected chi connectivity index (χ0v) is 19.3. The van der Waals surface area contributed by atoms with Crippen molar-refractivity contribution in [3.8, 4) is 33.5 Å². The Morgan fingerprint density at radius 2 is 1.22 bits per heavy atom. The maximum absolute atomic E-state index is 13.3. The number of hydrogen-bond donors (Lipinski definition) is 0. The number of rotatable bonds is 3. The Bertz CT molecular complexity index is 1880. The van der Waals surface area contributed by atoms with Crippen molar-refractivity contribution in [1.29, 1.82) is 0 Å². The first-order valence-corrected chi connectivity index (χ1v) is 11.9. The van der Waals surface area contributed by atoms with Crippen molar-refractivity contribution in [2.45, 2.75) is 0 Å². The molecule has 36 heavy (non-hydrogen) atoms. The van der Waals surface area contributed by atoms with E-state index in [0.29, 0.717) is 0 Å². The average molecular weight is 466 g/mol. The molecule has 2 aromatic heterocycles. The van der Waals surface area contributed by atoms with Crippen LogP contribution in [0, 0.1) is 5.82 Å². The molecule has 0 radical (unpaired) electrons. The number of aromatic nitrogens is 1. The number of fused-ring (bicyclic) bond motifs is 4. The molecule has 0 bridgehead atoms. The summed E-state index contributed by atoms with van der Waals surface area (Å²) in [7, 11) is 0. The molecule has 0 aliphatic heterocycles. The van der Waals surface area contributed by atoms with Crippen molar-refractivity contribution in [2.24, 2.45) is 0 Å². The van der Waals surface area contributed by atoms with Crippen LogP contribution in [0.4, 0.5) is 4.39 Å². The maximum Gasteiger partial charge on any atom is 0.144 e. The molecule has 0 fully saturated rings. The molecule has 0 amide bonds. The molecule has 0 N–H and O–H groups in total. The van der Waals surface area contributed by atoms with Gasteiger partial charge in [0.25, 0.3) is 0 Å². The zero-order valence-electron chi connectivity index (χ0n) is 19.3. The van der Waals surface area contributed by atoms with Gasteiger partial charge in [-0.05, 0) is 69.9 Å². The molecule has 0 aliphatic carbocycles. The van der Waals surface area contributed by atoms with Crippen molar-refractivity contribution in [1.82, 2.24) is 4.98 Å². The summed E-state index contributed by atoms with van der Waals surface area (Å²) in [4.78, 5) is 4.80. The van der Waals surface area contributed by atoms with Gasteiger partial charge in [0.2, 0.25) is 0 Å². The minimum atomic E-state index is -0.224. The first-order valence-electron chi connectivity index (χ1n) is 11.9. The van der Waals surface area contributed by atoms with Crippen LogP contribution in [0.25, 0.3) is 66.2 Å². The van der Waals surface area contributed by atoms with Crippen LogP contribution in [0.5, 0.6) is 0 Å². The second-order valence-electron chi connectivity index (χ2n) is 9.00. The number of furan rings is 1. The predicted molar refractivity (Wildman–Crippen MR) is 145 cm³/mol. The highest BCUT2D eigenvalue weighted by atomic mass is 19.1. The SMILES string of the molecule is Fc1ccc(-c2ccc3cc(-c4ccc(-c5cccc6c5oc5ccccc56)nc4)ccc3c2)cc1. The highest BCUT2D eigenvalue weighted by molar-refractivity contribution is 6.09. The number of halogens is 1. The predicted octanol–water partition coefficient (Wildman–Crippen LogP) is 9.27. The molecular weight excluding hydrogens is 445 g/mol. The average Bonchev–Trinajstić information content (AvgIpc) is 3.32. The molecule has 0 aliphatic rings. The van der Waals surface area contributed by atoms with Gasteiger partial charge < -0.3 is 4.42 Å². The number of nitrogens with zero attached hydrogens (tertiary/aromatic N) is 1. The van der Waals surface area contributed by atoms with E-state index in [-0.39, 0.29) is 5.82 Å². The fraction of sp³-hybridized carbons (Fsp3) is 0. The van der Waals surface area contributed by atoms with E-state index in [2.05, 4.69) is 72.8 Å². The molecule has 0 spiro atoms. The first-order chi connectivity index (χ1) is 17.7. The standard InChI is InChI=1S/C33H20FNO/c34-27-15-12-21(13-16-27)22-8-9-24-19-25(11-10-23(24)18-22)26-14-17-31(35-20-26)30-6-3-5-29-28-4-1-2-7-32(28)36-33(29)30/h1-20H. The van der Waals surface area contributed by atoms with E-state index in [1.807, 2.05) is 36.5 Å². The van der Waals surface area contributed by atoms with E-state index in [1.165, 1.54) is 12.1 Å². The van der Waals surface area contributed by atoms with E-state index in [9.17, 15) is 4.39 Å². The second-order valence-corrected chi connectivity index (χ2v) is 9.00. The van der Waals surface area contributed by atoms with E-state index < -0.39 is 0 Å². The number of pyridine rings is 1. The van der Waals surface area contributed by atoms with Crippen molar-refractivity contribution in [3.05, 3.63) is 127 Å². The summed E-state index contributed by atoms with van der Waals surface area (Å²) in [6, 6.07) is 37.8. The second kappa shape index (κ2) is 8.17. The number of benzene rings is 5. The molecule has 5 aromatic carbocycles. The highest BCUT2D eigenvalue weighted by Gasteiger charge is 2.13. The van der Waals surface area contributed by atoms with E-state index in [1.54, 1.807) is 0 Å². The van der Waals surface area contributed by atoms with Crippen LogP contribution in [0.3, 0.4) is 0 Å². The van der Waals surface area contributed by atoms with Crippen LogP contribution in [0.1, 0.15) is 0 Å². The number of hydrogen-bond acceptors (Lipinski definition) is 2. The highest BCUT2D eigenvalue weighted by Crippen LogP contribution is 2.35. The van der Waals surface area contributed by atoms with Gasteiger partial charge in [0.15, 0.2) is 0 Å². The Morgan fingerprint density at radius 1 is 0.556 bits per heavy atom. The molecule has 3 heteroatoms. The van der Waals surface area contributed by atoms with E-state index in [4.69, 9.17) is 9.40 Å². The van der Waals surface area contributed by atoms with E-state index >= 15 is 0 Å². The topological polar surface area (TPSA) is 26.0 Å². The van der Waals surface area contributed by atoms with Crippen LogP contribution >= 0.6 is 0 Å². The summed E-state index contributed by atoms with van der Waals surface area (Å²) in [5, 5.41) is 4.50. The van der Waals surface area contributed by atoms with Crippen LogP contribution in [0.2, 0.25) is 0 Å². The summed E-state index contributed by atoms with van der Waals surface area (Å²) in [5.41, 5.74) is 7.85. The van der Waals surface area contributed by atoms with Crippen LogP contribution in [-0.2, 0) is 0 Å². The fourth-order valence-electron chi connectivity index (χ4n) is 4.92. The smallest absolute Gasteiger partial charge is 0.144 e. The Morgan fingerprint density at radius 3 is 1.97 bits per heavy atom. The van der Waals surface area contributed by atoms with Gasteiger partial charge in [-0.25, -0.2) is 4.39 Å². The van der Waals surface area contributed by atoms with Crippen LogP contribution < -0.4 is 0 Å². The maximum atomic E-state index is 13.3. The fourth-order valence-corrected chi connectivity index (χ4v) is 4.92. The summed E-state index contributed by atoms with van der Waals surface area (Å²) in [6.45, 7) is 0. The molecule has 0 saturated heterocycles. The normalized spacial score (nSPS) is 11.5. The third kappa shape index (κ3) is 3.45. The molecular formula is C33H20FNO. The van der Waals surface area contributed by atoms with Gasteiger partial charge in [0, 0.05) is 28.1 Å². The van der Waals surface area contributed by atoms with Crippen molar-refractivity contribution in [2.75, 3.05) is 0 Å². The molecule has 0 saturated carbocycles. The van der Waals surface area contributed by atoms with Crippen molar-refractivity contribution < 1.29 is 8.81 Å². The Hall–Kier alpha value is -4.76. The van der Waals surface area contributed by atoms with E-state index in [0.717, 1.165) is 66.2 Å². The van der Waals surface area contributed by atoms with Gasteiger partial charge in [-0.15, -0.1) is 0 Å². The van der Waals surface area contributed by atoms with Crippen molar-refractivity contribution >= 4 is 32.7 Å². The van der Waals surface area contributed by atoms with Crippen LogP contribution in [-0.4, -0.2) is 4.98 Å². The summed E-state index contributed by atoms with van der Waals surface area (Å²) >= 11 is 0. The lowest BCUT2D eigenvalue weighted by molar-refractivity contribution is 0.628. The lowest BCUT2D eigenvalue weighted by atomic mass is 9.98. The molecule has 0 atom stereocenters. The van der Waals surface area contributed by atoms with Gasteiger partial charge in [0.05, 0.1) is 5.69 Å². The van der Waals surface area contributed by atoms with Crippen LogP contribution in [0.15, 0.2) is 126 Å². The summed E-state index contributed by atoms with van der Waals surface area (Å²) in [5.74, 6) is -0.224. The summed E-state index contributed by atoms with van der Waals surface area (Å²) in [6.07, 6.45) is 1.92. The molecule has 7 aromatic rings. The van der Waals surface area contributed by atoms with Crippen molar-refractivity contribution in [3.63, 3.8) is 0 Å². The minimum absolute atomic E-state index is 0.224. The third-order valence-corrected chi connectivity index (χ3v) is 6.79. The zero-order chi connectivity index (χ0) is 24.1. The first kappa shape index (κ1) is 20.6. The van der Waals surface area contributed by atoms with Gasteiger partial charge in [0.1, 0.15) is 17.0 Å². The molecule has 0 unspecified atom stereocenters. The molecule has 7 rings (SSSR count). The summed E-state index contributed by atoms with van der Waals surface area (Å²) < 4.78 is 19.5. The minimum Gasteiger partial charge on any atom is -0.455 e. The van der Waals surface area contributed by atoms with Gasteiger partial charge >= 0.3 is 0 Å². The monoisotopic (exact) mass is 465 g/mol.